The fourth-order valence-corrected chi connectivity index (χ4v) is 2.83. The molecule has 0 spiro atoms. The van der Waals surface area contributed by atoms with Gasteiger partial charge >= 0.3 is 6.03 Å². The molecule has 0 bridgehead atoms. The Labute approximate surface area is 135 Å². The first kappa shape index (κ1) is 16.5. The smallest absolute Gasteiger partial charge is 0.315 e. The average molecular weight is 321 g/mol. The monoisotopic (exact) mass is 321 g/mol. The number of nitrogens with one attached hydrogen (secondary N) is 2. The molecule has 0 saturated heterocycles. The van der Waals surface area contributed by atoms with E-state index in [4.69, 9.17) is 0 Å². The number of aromatic nitrogens is 3. The van der Waals surface area contributed by atoms with Crippen molar-refractivity contribution < 1.29 is 4.79 Å². The maximum Gasteiger partial charge on any atom is 0.315 e. The summed E-state index contributed by atoms with van der Waals surface area (Å²) in [6.45, 7) is 9.49. The summed E-state index contributed by atoms with van der Waals surface area (Å²) in [6.07, 6.45) is 3.70. The second-order valence-corrected chi connectivity index (χ2v) is 6.79. The number of carbonyl (C=O) groups excluding carboxylic acids is 1. The zero-order valence-corrected chi connectivity index (χ0v) is 14.3. The predicted molar refractivity (Wildman–Crippen MR) is 87.7 cm³/mol. The molecular formula is C15H23N5OS. The van der Waals surface area contributed by atoms with E-state index < -0.39 is 0 Å². The number of rotatable bonds is 6. The van der Waals surface area contributed by atoms with Gasteiger partial charge in [-0.1, -0.05) is 13.8 Å². The Morgan fingerprint density at radius 3 is 2.82 bits per heavy atom. The molecule has 22 heavy (non-hydrogen) atoms. The van der Waals surface area contributed by atoms with Crippen molar-refractivity contribution in [1.82, 2.24) is 25.2 Å². The molecule has 2 N–H and O–H groups in total. The Hall–Kier alpha value is -1.89. The van der Waals surface area contributed by atoms with Crippen LogP contribution in [-0.2, 0) is 13.1 Å². The molecule has 0 saturated carbocycles. The standard InChI is InChI=1S/C15H23N5OS/c1-10(2)8-20-6-5-16-14(20)7-17-15(21)18-11(3)13-9-22-12(4)19-13/h5-6,9-11H,7-8H2,1-4H3,(H2,17,18,21)/t11-/m0/s1. The molecule has 2 aromatic rings. The summed E-state index contributed by atoms with van der Waals surface area (Å²) in [6, 6.07) is -0.322. The van der Waals surface area contributed by atoms with Crippen molar-refractivity contribution in [3.63, 3.8) is 0 Å². The molecule has 2 rings (SSSR count). The first-order chi connectivity index (χ1) is 10.5. The molecule has 0 unspecified atom stereocenters. The molecule has 0 fully saturated rings. The fourth-order valence-electron chi connectivity index (χ4n) is 2.13. The SMILES string of the molecule is Cc1nc([C@H](C)NC(=O)NCc2nccn2CC(C)C)cs1. The largest absolute Gasteiger partial charge is 0.333 e. The summed E-state index contributed by atoms with van der Waals surface area (Å²) in [5.74, 6) is 1.40. The van der Waals surface area contributed by atoms with Crippen molar-refractivity contribution in [3.05, 3.63) is 34.3 Å². The maximum atomic E-state index is 12.0. The van der Waals surface area contributed by atoms with Crippen molar-refractivity contribution in [3.8, 4) is 0 Å². The van der Waals surface area contributed by atoms with Crippen LogP contribution in [-0.4, -0.2) is 20.6 Å². The minimum atomic E-state index is -0.211. The van der Waals surface area contributed by atoms with Crippen LogP contribution in [0, 0.1) is 12.8 Å². The van der Waals surface area contributed by atoms with Gasteiger partial charge in [-0.2, -0.15) is 0 Å². The first-order valence-corrected chi connectivity index (χ1v) is 8.30. The first-order valence-electron chi connectivity index (χ1n) is 7.42. The van der Waals surface area contributed by atoms with Gasteiger partial charge < -0.3 is 15.2 Å². The van der Waals surface area contributed by atoms with Gasteiger partial charge in [0.05, 0.1) is 23.3 Å². The molecule has 1 atom stereocenters. The van der Waals surface area contributed by atoms with Crippen LogP contribution in [0.15, 0.2) is 17.8 Å². The second kappa shape index (κ2) is 7.40. The summed E-state index contributed by atoms with van der Waals surface area (Å²) < 4.78 is 2.07. The zero-order chi connectivity index (χ0) is 16.1. The van der Waals surface area contributed by atoms with Crippen LogP contribution >= 0.6 is 11.3 Å². The van der Waals surface area contributed by atoms with Crippen molar-refractivity contribution in [2.75, 3.05) is 0 Å². The lowest BCUT2D eigenvalue weighted by Crippen LogP contribution is -2.37. The highest BCUT2D eigenvalue weighted by molar-refractivity contribution is 7.09. The average Bonchev–Trinajstić information content (AvgIpc) is 3.05. The number of carbonyl (C=O) groups is 1. The van der Waals surface area contributed by atoms with Gasteiger partial charge in [-0.15, -0.1) is 11.3 Å². The topological polar surface area (TPSA) is 71.8 Å². The van der Waals surface area contributed by atoms with E-state index >= 15 is 0 Å². The molecule has 2 heterocycles. The second-order valence-electron chi connectivity index (χ2n) is 5.73. The van der Waals surface area contributed by atoms with E-state index in [2.05, 4.69) is 39.0 Å². The lowest BCUT2D eigenvalue weighted by Gasteiger charge is -2.14. The van der Waals surface area contributed by atoms with Gasteiger partial charge in [-0.05, 0) is 19.8 Å². The van der Waals surface area contributed by atoms with Crippen molar-refractivity contribution in [1.29, 1.82) is 0 Å². The van der Waals surface area contributed by atoms with Gasteiger partial charge in [0.2, 0.25) is 0 Å². The van der Waals surface area contributed by atoms with Crippen LogP contribution in [0.25, 0.3) is 0 Å². The highest BCUT2D eigenvalue weighted by atomic mass is 32.1. The quantitative estimate of drug-likeness (QED) is 0.859. The molecule has 7 heteroatoms. The molecule has 0 radical (unpaired) electrons. The van der Waals surface area contributed by atoms with Gasteiger partial charge in [0.15, 0.2) is 0 Å². The van der Waals surface area contributed by atoms with Gasteiger partial charge in [-0.3, -0.25) is 0 Å². The summed E-state index contributed by atoms with van der Waals surface area (Å²) >= 11 is 1.58. The number of hydrogen-bond donors (Lipinski definition) is 2. The van der Waals surface area contributed by atoms with E-state index in [-0.39, 0.29) is 12.1 Å². The van der Waals surface area contributed by atoms with Crippen LogP contribution in [0.4, 0.5) is 4.79 Å². The summed E-state index contributed by atoms with van der Waals surface area (Å²) in [7, 11) is 0. The molecule has 0 aliphatic heterocycles. The number of imidazole rings is 1. The third-order valence-corrected chi connectivity index (χ3v) is 3.99. The van der Waals surface area contributed by atoms with E-state index in [0.29, 0.717) is 12.5 Å². The minimum absolute atomic E-state index is 0.111. The van der Waals surface area contributed by atoms with E-state index in [9.17, 15) is 4.79 Å². The maximum absolute atomic E-state index is 12.0. The highest BCUT2D eigenvalue weighted by Crippen LogP contribution is 2.15. The van der Waals surface area contributed by atoms with Crippen LogP contribution < -0.4 is 10.6 Å². The molecule has 0 aliphatic rings. The van der Waals surface area contributed by atoms with Crippen molar-refractivity contribution in [2.45, 2.75) is 46.8 Å². The van der Waals surface area contributed by atoms with E-state index in [1.54, 1.807) is 17.5 Å². The number of urea groups is 1. The minimum Gasteiger partial charge on any atom is -0.333 e. The molecular weight excluding hydrogens is 298 g/mol. The fraction of sp³-hybridized carbons (Fsp3) is 0.533. The van der Waals surface area contributed by atoms with E-state index in [1.165, 1.54) is 0 Å². The Bertz CT molecular complexity index is 619. The Kier molecular flexibility index (Phi) is 5.54. The van der Waals surface area contributed by atoms with Crippen molar-refractivity contribution in [2.24, 2.45) is 5.92 Å². The van der Waals surface area contributed by atoms with Crippen molar-refractivity contribution >= 4 is 17.4 Å². The van der Waals surface area contributed by atoms with Gasteiger partial charge in [0.1, 0.15) is 5.82 Å². The van der Waals surface area contributed by atoms with E-state index in [0.717, 1.165) is 23.1 Å². The molecule has 2 amide bonds. The Morgan fingerprint density at radius 2 is 2.18 bits per heavy atom. The van der Waals surface area contributed by atoms with Gasteiger partial charge in [0.25, 0.3) is 0 Å². The third-order valence-electron chi connectivity index (χ3n) is 3.20. The van der Waals surface area contributed by atoms with E-state index in [1.807, 2.05) is 25.4 Å². The predicted octanol–water partition coefficient (Wildman–Crippen LogP) is 2.86. The third kappa shape index (κ3) is 4.56. The number of amides is 2. The number of thiazole rings is 1. The zero-order valence-electron chi connectivity index (χ0n) is 13.5. The van der Waals surface area contributed by atoms with Gasteiger partial charge in [0, 0.05) is 24.3 Å². The summed E-state index contributed by atoms with van der Waals surface area (Å²) in [4.78, 5) is 20.7. The lowest BCUT2D eigenvalue weighted by atomic mass is 10.2. The summed E-state index contributed by atoms with van der Waals surface area (Å²) in [5, 5.41) is 8.71. The molecule has 2 aromatic heterocycles. The Morgan fingerprint density at radius 1 is 1.41 bits per heavy atom. The normalized spacial score (nSPS) is 12.4. The molecule has 120 valence electrons. The molecule has 6 nitrogen and oxygen atoms in total. The van der Waals surface area contributed by atoms with Gasteiger partial charge in [-0.25, -0.2) is 14.8 Å². The number of nitrogens with zero attached hydrogens (tertiary/aromatic N) is 3. The summed E-state index contributed by atoms with van der Waals surface area (Å²) in [5.41, 5.74) is 0.888. The molecule has 0 aliphatic carbocycles. The van der Waals surface area contributed by atoms with Crippen LogP contribution in [0.5, 0.6) is 0 Å². The van der Waals surface area contributed by atoms with Crippen LogP contribution in [0.2, 0.25) is 0 Å². The molecule has 0 aromatic carbocycles. The number of aryl methyl sites for hydroxylation is 1. The number of hydrogen-bond acceptors (Lipinski definition) is 4. The van der Waals surface area contributed by atoms with Crippen LogP contribution in [0.3, 0.4) is 0 Å². The Balaban J connectivity index is 1.84. The highest BCUT2D eigenvalue weighted by Gasteiger charge is 2.12. The lowest BCUT2D eigenvalue weighted by molar-refractivity contribution is 0.237. The van der Waals surface area contributed by atoms with Crippen LogP contribution in [0.1, 0.15) is 43.3 Å².